The highest BCUT2D eigenvalue weighted by Gasteiger charge is 2.25. The molecule has 0 unspecified atom stereocenters. The highest BCUT2D eigenvalue weighted by molar-refractivity contribution is 9.10. The minimum absolute atomic E-state index is 0.204. The van der Waals surface area contributed by atoms with Gasteiger partial charge in [0, 0.05) is 9.50 Å². The molecule has 4 nitrogen and oxygen atoms in total. The fraction of sp³-hybridized carbons (Fsp3) is 0.0588. The van der Waals surface area contributed by atoms with Crippen LogP contribution in [0.3, 0.4) is 0 Å². The number of aliphatic imine (C=N–C) groups is 1. The Hall–Kier alpha value is -2.11. The summed E-state index contributed by atoms with van der Waals surface area (Å²) in [5.74, 6) is 0.419. The highest BCUT2D eigenvalue weighted by atomic mass is 79.9. The van der Waals surface area contributed by atoms with Crippen LogP contribution >= 0.6 is 27.5 Å². The maximum atomic E-state index is 12.0. The van der Waals surface area contributed by atoms with Gasteiger partial charge in [-0.15, -0.1) is 0 Å². The van der Waals surface area contributed by atoms with E-state index in [-0.39, 0.29) is 11.6 Å². The molecular weight excluding hydrogens is 382 g/mol. The first kappa shape index (κ1) is 15.8. The summed E-state index contributed by atoms with van der Waals surface area (Å²) >= 11 is 9.52. The number of nitrogens with zero attached hydrogens (tertiary/aromatic N) is 1. The van der Waals surface area contributed by atoms with Crippen molar-refractivity contribution in [2.24, 2.45) is 4.99 Å². The van der Waals surface area contributed by atoms with E-state index in [4.69, 9.17) is 21.1 Å². The normalized spacial score (nSPS) is 15.5. The SMILES string of the molecule is COc1ccc(C2=N/C(=C\c3ccccc3Cl)C(=O)O2)c(Br)c1. The number of hydrogen-bond acceptors (Lipinski definition) is 4. The number of carbonyl (C=O) groups excluding carboxylic acids is 1. The number of halogens is 2. The van der Waals surface area contributed by atoms with Gasteiger partial charge in [0.25, 0.3) is 0 Å². The van der Waals surface area contributed by atoms with Crippen molar-refractivity contribution < 1.29 is 14.3 Å². The van der Waals surface area contributed by atoms with Crippen molar-refractivity contribution in [3.63, 3.8) is 0 Å². The van der Waals surface area contributed by atoms with Gasteiger partial charge in [0.1, 0.15) is 5.75 Å². The van der Waals surface area contributed by atoms with Crippen LogP contribution in [0, 0.1) is 0 Å². The quantitative estimate of drug-likeness (QED) is 0.572. The number of esters is 1. The van der Waals surface area contributed by atoms with Gasteiger partial charge in [0.15, 0.2) is 5.70 Å². The first-order chi connectivity index (χ1) is 11.1. The largest absolute Gasteiger partial charge is 0.497 e. The summed E-state index contributed by atoms with van der Waals surface area (Å²) < 4.78 is 11.1. The summed E-state index contributed by atoms with van der Waals surface area (Å²) in [5.41, 5.74) is 1.58. The van der Waals surface area contributed by atoms with Crippen LogP contribution < -0.4 is 4.74 Å². The summed E-state index contributed by atoms with van der Waals surface area (Å²) in [4.78, 5) is 16.3. The Bertz CT molecular complexity index is 845. The molecule has 0 spiro atoms. The lowest BCUT2D eigenvalue weighted by molar-refractivity contribution is -0.129. The summed E-state index contributed by atoms with van der Waals surface area (Å²) in [6.07, 6.45) is 1.61. The van der Waals surface area contributed by atoms with Gasteiger partial charge in [-0.3, -0.25) is 0 Å². The average molecular weight is 393 g/mol. The minimum Gasteiger partial charge on any atom is -0.497 e. The molecule has 0 fully saturated rings. The van der Waals surface area contributed by atoms with Crippen molar-refractivity contribution in [3.8, 4) is 5.75 Å². The molecule has 0 aromatic heterocycles. The van der Waals surface area contributed by atoms with E-state index in [1.807, 2.05) is 12.1 Å². The number of hydrogen-bond donors (Lipinski definition) is 0. The first-order valence-corrected chi connectivity index (χ1v) is 7.86. The van der Waals surface area contributed by atoms with Gasteiger partial charge in [-0.1, -0.05) is 29.8 Å². The van der Waals surface area contributed by atoms with E-state index in [1.54, 1.807) is 43.5 Å². The highest BCUT2D eigenvalue weighted by Crippen LogP contribution is 2.28. The maximum absolute atomic E-state index is 12.0. The van der Waals surface area contributed by atoms with Gasteiger partial charge in [0.05, 0.1) is 12.7 Å². The second-order valence-electron chi connectivity index (χ2n) is 4.70. The zero-order valence-corrected chi connectivity index (χ0v) is 14.4. The van der Waals surface area contributed by atoms with Gasteiger partial charge in [-0.2, -0.15) is 0 Å². The summed E-state index contributed by atoms with van der Waals surface area (Å²) in [7, 11) is 1.58. The second-order valence-corrected chi connectivity index (χ2v) is 5.96. The van der Waals surface area contributed by atoms with Crippen molar-refractivity contribution in [3.05, 3.63) is 68.8 Å². The van der Waals surface area contributed by atoms with Gasteiger partial charge >= 0.3 is 5.97 Å². The molecule has 2 aromatic carbocycles. The van der Waals surface area contributed by atoms with Gasteiger partial charge in [-0.25, -0.2) is 9.79 Å². The van der Waals surface area contributed by atoms with Crippen LogP contribution in [0.2, 0.25) is 5.02 Å². The van der Waals surface area contributed by atoms with Crippen LogP contribution in [-0.4, -0.2) is 19.0 Å². The smallest absolute Gasteiger partial charge is 0.363 e. The van der Waals surface area contributed by atoms with Crippen molar-refractivity contribution in [2.75, 3.05) is 7.11 Å². The molecule has 1 aliphatic rings. The van der Waals surface area contributed by atoms with Crippen LogP contribution in [0.5, 0.6) is 5.75 Å². The lowest BCUT2D eigenvalue weighted by Crippen LogP contribution is -2.06. The predicted octanol–water partition coefficient (Wildman–Crippen LogP) is 4.46. The van der Waals surface area contributed by atoms with Crippen LogP contribution in [0.25, 0.3) is 6.08 Å². The van der Waals surface area contributed by atoms with Crippen molar-refractivity contribution >= 4 is 45.5 Å². The summed E-state index contributed by atoms with van der Waals surface area (Å²) in [6, 6.07) is 12.5. The molecule has 116 valence electrons. The monoisotopic (exact) mass is 391 g/mol. The Labute approximate surface area is 146 Å². The first-order valence-electron chi connectivity index (χ1n) is 6.69. The number of methoxy groups -OCH3 is 1. The van der Waals surface area contributed by atoms with E-state index < -0.39 is 5.97 Å². The van der Waals surface area contributed by atoms with Crippen molar-refractivity contribution in [2.45, 2.75) is 0 Å². The average Bonchev–Trinajstić information content (AvgIpc) is 2.90. The van der Waals surface area contributed by atoms with Crippen LogP contribution in [0.4, 0.5) is 0 Å². The second kappa shape index (κ2) is 6.56. The minimum atomic E-state index is -0.511. The third-order valence-corrected chi connectivity index (χ3v) is 4.22. The van der Waals surface area contributed by atoms with E-state index in [1.165, 1.54) is 0 Å². The van der Waals surface area contributed by atoms with Crippen LogP contribution in [-0.2, 0) is 9.53 Å². The third kappa shape index (κ3) is 3.30. The third-order valence-electron chi connectivity index (χ3n) is 3.22. The standard InChI is InChI=1S/C17H11BrClNO3/c1-22-11-6-7-12(13(18)9-11)16-20-15(17(21)23-16)8-10-4-2-3-5-14(10)19/h2-9H,1H3/b15-8-. The van der Waals surface area contributed by atoms with E-state index in [9.17, 15) is 4.79 Å². The lowest BCUT2D eigenvalue weighted by atomic mass is 10.2. The Balaban J connectivity index is 1.97. The topological polar surface area (TPSA) is 47.9 Å². The van der Waals surface area contributed by atoms with Gasteiger partial charge in [-0.05, 0) is 51.8 Å². The predicted molar refractivity (Wildman–Crippen MR) is 92.8 cm³/mol. The van der Waals surface area contributed by atoms with Gasteiger partial charge < -0.3 is 9.47 Å². The summed E-state index contributed by atoms with van der Waals surface area (Å²) in [6.45, 7) is 0. The number of carbonyl (C=O) groups is 1. The van der Waals surface area contributed by atoms with Gasteiger partial charge in [0.2, 0.25) is 5.90 Å². The number of cyclic esters (lactones) is 1. The Morgan fingerprint density at radius 1 is 1.26 bits per heavy atom. The Morgan fingerprint density at radius 3 is 2.74 bits per heavy atom. The molecule has 0 saturated carbocycles. The molecule has 6 heteroatoms. The Kier molecular flexibility index (Phi) is 4.50. The van der Waals surface area contributed by atoms with E-state index in [2.05, 4.69) is 20.9 Å². The van der Waals surface area contributed by atoms with Crippen molar-refractivity contribution in [1.29, 1.82) is 0 Å². The number of rotatable bonds is 3. The molecule has 3 rings (SSSR count). The number of ether oxygens (including phenoxy) is 2. The molecule has 0 saturated heterocycles. The van der Waals surface area contributed by atoms with Crippen LogP contribution in [0.1, 0.15) is 11.1 Å². The van der Waals surface area contributed by atoms with Crippen LogP contribution in [0.15, 0.2) is 57.6 Å². The molecule has 0 radical (unpaired) electrons. The molecule has 0 N–H and O–H groups in total. The molecule has 0 bridgehead atoms. The molecule has 0 atom stereocenters. The molecular formula is C17H11BrClNO3. The maximum Gasteiger partial charge on any atom is 0.363 e. The lowest BCUT2D eigenvalue weighted by Gasteiger charge is -2.05. The molecule has 1 heterocycles. The molecule has 23 heavy (non-hydrogen) atoms. The Morgan fingerprint density at radius 2 is 2.04 bits per heavy atom. The fourth-order valence-electron chi connectivity index (χ4n) is 2.06. The van der Waals surface area contributed by atoms with Crippen molar-refractivity contribution in [1.82, 2.24) is 0 Å². The molecule has 0 aliphatic carbocycles. The zero-order valence-electron chi connectivity index (χ0n) is 12.0. The van der Waals surface area contributed by atoms with E-state index in [0.717, 1.165) is 4.47 Å². The van der Waals surface area contributed by atoms with E-state index in [0.29, 0.717) is 21.9 Å². The summed E-state index contributed by atoms with van der Waals surface area (Å²) in [5, 5.41) is 0.544. The zero-order chi connectivity index (χ0) is 16.4. The fourth-order valence-corrected chi connectivity index (χ4v) is 2.78. The van der Waals surface area contributed by atoms with E-state index >= 15 is 0 Å². The molecule has 0 amide bonds. The molecule has 1 aliphatic heterocycles. The molecule has 2 aromatic rings. The number of benzene rings is 2.